The lowest BCUT2D eigenvalue weighted by Crippen LogP contribution is -2.37. The summed E-state index contributed by atoms with van der Waals surface area (Å²) < 4.78 is 0. The van der Waals surface area contributed by atoms with E-state index in [4.69, 9.17) is 0 Å². The van der Waals surface area contributed by atoms with Gasteiger partial charge in [0.15, 0.2) is 0 Å². The maximum absolute atomic E-state index is 3.91. The molecule has 1 rings (SSSR count). The molecule has 0 bridgehead atoms. The lowest BCUT2D eigenvalue weighted by atomic mass is 9.89. The molecule has 3 unspecified atom stereocenters. The van der Waals surface area contributed by atoms with Crippen LogP contribution in [0, 0.1) is 11.8 Å². The van der Waals surface area contributed by atoms with Gasteiger partial charge in [0.1, 0.15) is 0 Å². The van der Waals surface area contributed by atoms with E-state index in [1.165, 1.54) is 51.4 Å². The summed E-state index contributed by atoms with van der Waals surface area (Å²) in [4.78, 5) is 0. The predicted molar refractivity (Wildman–Crippen MR) is 77.3 cm³/mol. The smallest absolute Gasteiger partial charge is 0.00697 e. The zero-order valence-electron chi connectivity index (χ0n) is 12.5. The molecule has 3 atom stereocenters. The van der Waals surface area contributed by atoms with Crippen LogP contribution in [-0.2, 0) is 0 Å². The van der Waals surface area contributed by atoms with Gasteiger partial charge in [0.25, 0.3) is 0 Å². The number of hydrogen-bond donors (Lipinski definition) is 1. The van der Waals surface area contributed by atoms with E-state index in [0.717, 1.165) is 23.9 Å². The highest BCUT2D eigenvalue weighted by atomic mass is 14.9. The van der Waals surface area contributed by atoms with Gasteiger partial charge in [0.2, 0.25) is 0 Å². The summed E-state index contributed by atoms with van der Waals surface area (Å²) in [6, 6.07) is 1.57. The van der Waals surface area contributed by atoms with Crippen molar-refractivity contribution in [3.05, 3.63) is 0 Å². The fraction of sp³-hybridized carbons (Fsp3) is 1.00. The molecular weight excluding hydrogens is 206 g/mol. The van der Waals surface area contributed by atoms with Crippen molar-refractivity contribution in [1.29, 1.82) is 0 Å². The predicted octanol–water partition coefficient (Wildman–Crippen LogP) is 4.76. The van der Waals surface area contributed by atoms with E-state index in [-0.39, 0.29) is 0 Å². The van der Waals surface area contributed by atoms with Gasteiger partial charge in [-0.2, -0.15) is 0 Å². The molecule has 0 saturated heterocycles. The average Bonchev–Trinajstić information content (AvgIpc) is 2.54. The monoisotopic (exact) mass is 239 g/mol. The van der Waals surface area contributed by atoms with Gasteiger partial charge in [-0.15, -0.1) is 0 Å². The fourth-order valence-electron chi connectivity index (χ4n) is 3.25. The van der Waals surface area contributed by atoms with Crippen LogP contribution in [0.15, 0.2) is 0 Å². The van der Waals surface area contributed by atoms with Crippen molar-refractivity contribution in [2.24, 2.45) is 11.8 Å². The Morgan fingerprint density at radius 2 is 1.82 bits per heavy atom. The van der Waals surface area contributed by atoms with E-state index >= 15 is 0 Å². The van der Waals surface area contributed by atoms with Crippen LogP contribution in [0.1, 0.15) is 79.1 Å². The number of rotatable bonds is 6. The second kappa shape index (κ2) is 8.13. The summed E-state index contributed by atoms with van der Waals surface area (Å²) in [5, 5.41) is 3.91. The molecule has 0 aromatic carbocycles. The van der Waals surface area contributed by atoms with Gasteiger partial charge < -0.3 is 5.32 Å². The van der Waals surface area contributed by atoms with Crippen molar-refractivity contribution in [1.82, 2.24) is 5.32 Å². The first-order valence-corrected chi connectivity index (χ1v) is 7.93. The molecule has 0 spiro atoms. The molecule has 0 aliphatic heterocycles. The Morgan fingerprint density at radius 3 is 2.41 bits per heavy atom. The van der Waals surface area contributed by atoms with Crippen LogP contribution in [0.4, 0.5) is 0 Å². The highest BCUT2D eigenvalue weighted by Gasteiger charge is 2.22. The van der Waals surface area contributed by atoms with Gasteiger partial charge in [-0.3, -0.25) is 0 Å². The first-order valence-electron chi connectivity index (χ1n) is 7.93. The second-order valence-electron chi connectivity index (χ2n) is 6.27. The summed E-state index contributed by atoms with van der Waals surface area (Å²) >= 11 is 0. The third-order valence-electron chi connectivity index (χ3n) is 4.56. The zero-order valence-corrected chi connectivity index (χ0v) is 12.5. The molecule has 0 heterocycles. The van der Waals surface area contributed by atoms with Crippen LogP contribution >= 0.6 is 0 Å². The summed E-state index contributed by atoms with van der Waals surface area (Å²) in [5.74, 6) is 1.86. The Balaban J connectivity index is 2.35. The zero-order chi connectivity index (χ0) is 12.7. The van der Waals surface area contributed by atoms with Gasteiger partial charge in [-0.05, 0) is 43.9 Å². The van der Waals surface area contributed by atoms with E-state index in [0.29, 0.717) is 0 Å². The minimum absolute atomic E-state index is 0.764. The molecule has 1 saturated carbocycles. The molecule has 17 heavy (non-hydrogen) atoms. The van der Waals surface area contributed by atoms with E-state index < -0.39 is 0 Å². The number of hydrogen-bond acceptors (Lipinski definition) is 1. The Labute approximate surface area is 109 Å². The van der Waals surface area contributed by atoms with Gasteiger partial charge in [0, 0.05) is 12.1 Å². The van der Waals surface area contributed by atoms with Crippen molar-refractivity contribution >= 4 is 0 Å². The summed E-state index contributed by atoms with van der Waals surface area (Å²) in [7, 11) is 0. The summed E-state index contributed by atoms with van der Waals surface area (Å²) in [5.41, 5.74) is 0. The minimum atomic E-state index is 0.764. The Bertz CT molecular complexity index is 188. The highest BCUT2D eigenvalue weighted by Crippen LogP contribution is 2.29. The SMILES string of the molecule is CCCC(CC)NC1CCCC(C(C)C)CC1. The van der Waals surface area contributed by atoms with Gasteiger partial charge >= 0.3 is 0 Å². The maximum atomic E-state index is 3.91. The largest absolute Gasteiger partial charge is 0.311 e. The molecule has 1 aliphatic rings. The van der Waals surface area contributed by atoms with Crippen LogP contribution in [0.25, 0.3) is 0 Å². The molecule has 1 N–H and O–H groups in total. The van der Waals surface area contributed by atoms with Gasteiger partial charge in [-0.1, -0.05) is 47.0 Å². The topological polar surface area (TPSA) is 12.0 Å². The first kappa shape index (κ1) is 15.0. The standard InChI is InChI=1S/C16H33N/c1-5-8-15(6-2)17-16-10-7-9-14(11-12-16)13(3)4/h13-17H,5-12H2,1-4H3. The molecule has 102 valence electrons. The van der Waals surface area contributed by atoms with Crippen molar-refractivity contribution in [3.8, 4) is 0 Å². The molecule has 1 fully saturated rings. The van der Waals surface area contributed by atoms with Gasteiger partial charge in [0.05, 0.1) is 0 Å². The van der Waals surface area contributed by atoms with Crippen molar-refractivity contribution in [2.75, 3.05) is 0 Å². The van der Waals surface area contributed by atoms with Crippen LogP contribution < -0.4 is 5.32 Å². The lowest BCUT2D eigenvalue weighted by molar-refractivity contribution is 0.329. The quantitative estimate of drug-likeness (QED) is 0.659. The average molecular weight is 239 g/mol. The van der Waals surface area contributed by atoms with Crippen molar-refractivity contribution in [2.45, 2.75) is 91.1 Å². The van der Waals surface area contributed by atoms with E-state index in [2.05, 4.69) is 33.0 Å². The molecule has 0 aromatic heterocycles. The Hall–Kier alpha value is -0.0400. The lowest BCUT2D eigenvalue weighted by Gasteiger charge is -2.24. The molecule has 0 aromatic rings. The van der Waals surface area contributed by atoms with E-state index in [1.54, 1.807) is 0 Å². The Kier molecular flexibility index (Phi) is 7.18. The van der Waals surface area contributed by atoms with Crippen LogP contribution in [0.2, 0.25) is 0 Å². The van der Waals surface area contributed by atoms with Crippen LogP contribution in [0.5, 0.6) is 0 Å². The van der Waals surface area contributed by atoms with Crippen molar-refractivity contribution in [3.63, 3.8) is 0 Å². The minimum Gasteiger partial charge on any atom is -0.311 e. The molecule has 0 amide bonds. The molecule has 1 aliphatic carbocycles. The maximum Gasteiger partial charge on any atom is 0.00697 e. The van der Waals surface area contributed by atoms with Crippen molar-refractivity contribution < 1.29 is 0 Å². The Morgan fingerprint density at radius 1 is 1.06 bits per heavy atom. The molecule has 0 radical (unpaired) electrons. The summed E-state index contributed by atoms with van der Waals surface area (Å²) in [6.07, 6.45) is 11.1. The second-order valence-corrected chi connectivity index (χ2v) is 6.27. The summed E-state index contributed by atoms with van der Waals surface area (Å²) in [6.45, 7) is 9.40. The first-order chi connectivity index (χ1) is 8.17. The fourth-order valence-corrected chi connectivity index (χ4v) is 3.25. The normalized spacial score (nSPS) is 28.1. The third-order valence-corrected chi connectivity index (χ3v) is 4.56. The van der Waals surface area contributed by atoms with Crippen LogP contribution in [0.3, 0.4) is 0 Å². The van der Waals surface area contributed by atoms with E-state index in [9.17, 15) is 0 Å². The number of nitrogens with one attached hydrogen (secondary N) is 1. The van der Waals surface area contributed by atoms with Gasteiger partial charge in [-0.25, -0.2) is 0 Å². The molecule has 1 heteroatoms. The molecule has 1 nitrogen and oxygen atoms in total. The van der Waals surface area contributed by atoms with Crippen LogP contribution in [-0.4, -0.2) is 12.1 Å². The van der Waals surface area contributed by atoms with E-state index in [1.807, 2.05) is 0 Å². The highest BCUT2D eigenvalue weighted by molar-refractivity contribution is 4.79. The third kappa shape index (κ3) is 5.42. The molecular formula is C16H33N.